The first kappa shape index (κ1) is 18.0. The van der Waals surface area contributed by atoms with Crippen LogP contribution in [0.1, 0.15) is 31.2 Å². The molecule has 1 aliphatic rings. The number of imidazole rings is 1. The first-order valence-electron chi connectivity index (χ1n) is 9.22. The summed E-state index contributed by atoms with van der Waals surface area (Å²) < 4.78 is 2.23. The first-order valence-corrected chi connectivity index (χ1v) is 10.5. The second kappa shape index (κ2) is 7.69. The molecule has 138 valence electrons. The zero-order valence-electron chi connectivity index (χ0n) is 14.9. The molecular formula is C20H24ClN3OS. The van der Waals surface area contributed by atoms with E-state index in [1.54, 1.807) is 11.3 Å². The van der Waals surface area contributed by atoms with Crippen LogP contribution in [-0.4, -0.2) is 33.3 Å². The number of aromatic nitrogens is 2. The van der Waals surface area contributed by atoms with Crippen LogP contribution in [0.4, 0.5) is 0 Å². The number of aliphatic hydroxyl groups excluding tert-OH is 1. The average Bonchev–Trinajstić information content (AvgIpc) is 3.22. The lowest BCUT2D eigenvalue weighted by atomic mass is 9.97. The Morgan fingerprint density at radius 2 is 2.23 bits per heavy atom. The van der Waals surface area contributed by atoms with Gasteiger partial charge in [-0.2, -0.15) is 11.3 Å². The van der Waals surface area contributed by atoms with Gasteiger partial charge in [-0.3, -0.25) is 0 Å². The topological polar surface area (TPSA) is 50.1 Å². The van der Waals surface area contributed by atoms with Gasteiger partial charge >= 0.3 is 0 Å². The fourth-order valence-electron chi connectivity index (χ4n) is 3.90. The van der Waals surface area contributed by atoms with E-state index >= 15 is 0 Å². The molecule has 0 amide bonds. The van der Waals surface area contributed by atoms with Crippen molar-refractivity contribution in [2.75, 3.05) is 6.54 Å². The Labute approximate surface area is 162 Å². The molecule has 2 unspecified atom stereocenters. The second-order valence-electron chi connectivity index (χ2n) is 7.14. The van der Waals surface area contributed by atoms with Crippen molar-refractivity contribution >= 4 is 34.0 Å². The quantitative estimate of drug-likeness (QED) is 0.669. The zero-order valence-corrected chi connectivity index (χ0v) is 16.5. The van der Waals surface area contributed by atoms with E-state index in [4.69, 9.17) is 11.6 Å². The number of benzene rings is 1. The molecule has 1 aliphatic heterocycles. The van der Waals surface area contributed by atoms with Crippen LogP contribution in [0.5, 0.6) is 0 Å². The molecule has 1 saturated heterocycles. The molecule has 0 aliphatic carbocycles. The third-order valence-electron chi connectivity index (χ3n) is 5.29. The van der Waals surface area contributed by atoms with Crippen LogP contribution < -0.4 is 5.32 Å². The third kappa shape index (κ3) is 3.54. The standard InChI is InChI=1S/C20H24ClN3OS/c1-13-10-26-11-16(13)15-8-14(21)9-18-20(15)24(12-23-18)7-3-4-17-19(25)5-2-6-22-17/h8-12,17,19,22,25H,2-7H2,1H3. The summed E-state index contributed by atoms with van der Waals surface area (Å²) >= 11 is 8.05. The molecule has 2 N–H and O–H groups in total. The predicted molar refractivity (Wildman–Crippen MR) is 109 cm³/mol. The van der Waals surface area contributed by atoms with Crippen LogP contribution in [0.15, 0.2) is 29.2 Å². The van der Waals surface area contributed by atoms with Crippen molar-refractivity contribution in [2.24, 2.45) is 0 Å². The van der Waals surface area contributed by atoms with Crippen molar-refractivity contribution in [1.82, 2.24) is 14.9 Å². The van der Waals surface area contributed by atoms with Crippen LogP contribution in [0.3, 0.4) is 0 Å². The van der Waals surface area contributed by atoms with Crippen LogP contribution in [0.2, 0.25) is 5.02 Å². The lowest BCUT2D eigenvalue weighted by Crippen LogP contribution is -2.44. The summed E-state index contributed by atoms with van der Waals surface area (Å²) in [7, 11) is 0. The summed E-state index contributed by atoms with van der Waals surface area (Å²) in [6.45, 7) is 4.03. The molecule has 4 nitrogen and oxygen atoms in total. The van der Waals surface area contributed by atoms with E-state index < -0.39 is 0 Å². The van der Waals surface area contributed by atoms with Crippen molar-refractivity contribution < 1.29 is 5.11 Å². The fourth-order valence-corrected chi connectivity index (χ4v) is 4.96. The van der Waals surface area contributed by atoms with Crippen LogP contribution in [0, 0.1) is 6.92 Å². The molecule has 0 radical (unpaired) electrons. The summed E-state index contributed by atoms with van der Waals surface area (Å²) in [4.78, 5) is 4.58. The molecule has 2 aromatic heterocycles. The Kier molecular flexibility index (Phi) is 5.32. The molecular weight excluding hydrogens is 366 g/mol. The van der Waals surface area contributed by atoms with Gasteiger partial charge in [0.25, 0.3) is 0 Å². The van der Waals surface area contributed by atoms with Gasteiger partial charge in [0.15, 0.2) is 0 Å². The Bertz CT molecular complexity index is 904. The van der Waals surface area contributed by atoms with E-state index in [0.29, 0.717) is 0 Å². The number of rotatable bonds is 5. The largest absolute Gasteiger partial charge is 0.392 e. The first-order chi connectivity index (χ1) is 12.6. The zero-order chi connectivity index (χ0) is 18.1. The molecule has 1 aromatic carbocycles. The van der Waals surface area contributed by atoms with E-state index in [0.717, 1.165) is 60.4 Å². The number of halogens is 1. The van der Waals surface area contributed by atoms with Gasteiger partial charge < -0.3 is 15.0 Å². The minimum atomic E-state index is -0.217. The lowest BCUT2D eigenvalue weighted by Gasteiger charge is -2.29. The molecule has 26 heavy (non-hydrogen) atoms. The van der Waals surface area contributed by atoms with Crippen molar-refractivity contribution in [3.63, 3.8) is 0 Å². The monoisotopic (exact) mass is 389 g/mol. The predicted octanol–water partition coefficient (Wildman–Crippen LogP) is 4.62. The van der Waals surface area contributed by atoms with Crippen LogP contribution in [0.25, 0.3) is 22.2 Å². The molecule has 4 rings (SSSR count). The fraction of sp³-hybridized carbons (Fsp3) is 0.450. The molecule has 0 spiro atoms. The van der Waals surface area contributed by atoms with Gasteiger partial charge in [-0.1, -0.05) is 11.6 Å². The summed E-state index contributed by atoms with van der Waals surface area (Å²) in [5.41, 5.74) is 5.73. The highest BCUT2D eigenvalue weighted by Crippen LogP contribution is 2.35. The summed E-state index contributed by atoms with van der Waals surface area (Å²) in [5.74, 6) is 0. The highest BCUT2D eigenvalue weighted by atomic mass is 35.5. The van der Waals surface area contributed by atoms with Gasteiger partial charge in [0.2, 0.25) is 0 Å². The number of thiophene rings is 1. The van der Waals surface area contributed by atoms with Gasteiger partial charge in [0.1, 0.15) is 0 Å². The summed E-state index contributed by atoms with van der Waals surface area (Å²) in [6.07, 6.45) is 5.65. The summed E-state index contributed by atoms with van der Waals surface area (Å²) in [6, 6.07) is 4.20. The van der Waals surface area contributed by atoms with Gasteiger partial charge in [-0.25, -0.2) is 4.98 Å². The SMILES string of the molecule is Cc1cscc1-c1cc(Cl)cc2ncn(CCCC3NCCCC3O)c12. The number of nitrogens with zero attached hydrogens (tertiary/aromatic N) is 2. The number of aliphatic hydroxyl groups is 1. The normalized spacial score (nSPS) is 20.7. The maximum atomic E-state index is 10.1. The minimum Gasteiger partial charge on any atom is -0.392 e. The highest BCUT2D eigenvalue weighted by Gasteiger charge is 2.22. The molecule has 6 heteroatoms. The second-order valence-corrected chi connectivity index (χ2v) is 8.32. The Morgan fingerprint density at radius 1 is 1.35 bits per heavy atom. The lowest BCUT2D eigenvalue weighted by molar-refractivity contribution is 0.0909. The van der Waals surface area contributed by atoms with E-state index in [-0.39, 0.29) is 12.1 Å². The van der Waals surface area contributed by atoms with Crippen molar-refractivity contribution in [1.29, 1.82) is 0 Å². The van der Waals surface area contributed by atoms with E-state index in [2.05, 4.69) is 32.6 Å². The van der Waals surface area contributed by atoms with Gasteiger partial charge in [-0.05, 0) is 73.2 Å². The van der Waals surface area contributed by atoms with Crippen molar-refractivity contribution in [3.8, 4) is 11.1 Å². The molecule has 0 saturated carbocycles. The number of aryl methyl sites for hydroxylation is 2. The Balaban J connectivity index is 1.59. The van der Waals surface area contributed by atoms with Crippen molar-refractivity contribution in [2.45, 2.75) is 51.3 Å². The van der Waals surface area contributed by atoms with Crippen molar-refractivity contribution in [3.05, 3.63) is 39.8 Å². The van der Waals surface area contributed by atoms with E-state index in [1.165, 1.54) is 11.1 Å². The molecule has 3 aromatic rings. The molecule has 3 heterocycles. The number of fused-ring (bicyclic) bond motifs is 1. The maximum Gasteiger partial charge on any atom is 0.0958 e. The van der Waals surface area contributed by atoms with Gasteiger partial charge in [0.05, 0.1) is 23.5 Å². The average molecular weight is 390 g/mol. The maximum absolute atomic E-state index is 10.1. The summed E-state index contributed by atoms with van der Waals surface area (Å²) in [5, 5.41) is 18.6. The highest BCUT2D eigenvalue weighted by molar-refractivity contribution is 7.08. The third-order valence-corrected chi connectivity index (χ3v) is 6.37. The minimum absolute atomic E-state index is 0.214. The van der Waals surface area contributed by atoms with Gasteiger partial charge in [0, 0.05) is 23.2 Å². The van der Waals surface area contributed by atoms with E-state index in [1.807, 2.05) is 18.5 Å². The van der Waals surface area contributed by atoms with Crippen LogP contribution >= 0.6 is 22.9 Å². The smallest absolute Gasteiger partial charge is 0.0958 e. The molecule has 2 atom stereocenters. The number of hydrogen-bond acceptors (Lipinski definition) is 4. The van der Waals surface area contributed by atoms with Gasteiger partial charge in [-0.15, -0.1) is 0 Å². The van der Waals surface area contributed by atoms with Crippen LogP contribution in [-0.2, 0) is 6.54 Å². The number of piperidine rings is 1. The number of nitrogens with one attached hydrogen (secondary N) is 1. The molecule has 1 fully saturated rings. The van der Waals surface area contributed by atoms with E-state index in [9.17, 15) is 5.11 Å². The Hall–Kier alpha value is -1.40. The molecule has 0 bridgehead atoms. The number of hydrogen-bond donors (Lipinski definition) is 2. The Morgan fingerprint density at radius 3 is 3.00 bits per heavy atom.